The average molecular weight is 589 g/mol. The van der Waals surface area contributed by atoms with Crippen molar-refractivity contribution in [3.05, 3.63) is 105 Å². The Morgan fingerprint density at radius 1 is 0.550 bits per heavy atom. The van der Waals surface area contributed by atoms with Gasteiger partial charge in [0.15, 0.2) is 0 Å². The molecule has 212 valence electrons. The maximum Gasteiger partial charge on any atom is 0.386 e. The minimum Gasteiger partial charge on any atom is -0.462 e. The van der Waals surface area contributed by atoms with Gasteiger partial charge in [-0.25, -0.2) is 29.0 Å². The molecule has 0 saturated heterocycles. The molecule has 8 nitrogen and oxygen atoms in total. The average Bonchev–Trinajstić information content (AvgIpc) is 2.97. The third kappa shape index (κ3) is 11.1. The molecule has 0 aliphatic carbocycles. The lowest BCUT2D eigenvalue weighted by Crippen LogP contribution is -2.14. The molecule has 0 bridgehead atoms. The van der Waals surface area contributed by atoms with Crippen LogP contribution in [0.2, 0.25) is 10.0 Å². The van der Waals surface area contributed by atoms with Gasteiger partial charge in [-0.05, 0) is 73.5 Å². The van der Waals surface area contributed by atoms with Gasteiger partial charge >= 0.3 is 23.9 Å². The summed E-state index contributed by atoms with van der Waals surface area (Å²) in [7, 11) is 0. The van der Waals surface area contributed by atoms with E-state index in [0.717, 1.165) is 25.7 Å². The van der Waals surface area contributed by atoms with Gasteiger partial charge in [-0.3, -0.25) is 0 Å². The number of ether oxygens (including phenoxy) is 2. The summed E-state index contributed by atoms with van der Waals surface area (Å²) in [5.41, 5.74) is 0.979. The van der Waals surface area contributed by atoms with Crippen LogP contribution < -0.4 is 0 Å². The smallest absolute Gasteiger partial charge is 0.386 e. The standard InChI is InChI=1S/C16H22O4.C14H8Cl2O4/c1-3-5-11-19-15(17)13-9-7-8-10-14(13)16(18)20-12-6-4-2;15-11-5-1-9(2-6-11)13(17)19-20-14(18)10-3-7-12(16)8-4-10/h7-10H,3-6,11-12H2,1-2H3;1-8H. The molecule has 0 aliphatic rings. The first-order valence-electron chi connectivity index (χ1n) is 12.6. The van der Waals surface area contributed by atoms with Crippen LogP contribution in [-0.2, 0) is 19.2 Å². The van der Waals surface area contributed by atoms with Gasteiger partial charge in [0.1, 0.15) is 0 Å². The summed E-state index contributed by atoms with van der Waals surface area (Å²) in [5, 5.41) is 0.972. The molecule has 0 spiro atoms. The minimum atomic E-state index is -0.788. The van der Waals surface area contributed by atoms with Gasteiger partial charge in [-0.2, -0.15) is 0 Å². The first kappa shape index (κ1) is 32.3. The van der Waals surface area contributed by atoms with Crippen LogP contribution in [0.5, 0.6) is 0 Å². The van der Waals surface area contributed by atoms with Crippen LogP contribution in [0.1, 0.15) is 81.0 Å². The molecule has 3 aromatic rings. The van der Waals surface area contributed by atoms with Crippen molar-refractivity contribution in [2.24, 2.45) is 0 Å². The number of benzene rings is 3. The van der Waals surface area contributed by atoms with Crippen molar-refractivity contribution in [3.63, 3.8) is 0 Å². The van der Waals surface area contributed by atoms with E-state index >= 15 is 0 Å². The van der Waals surface area contributed by atoms with Crippen LogP contribution >= 0.6 is 23.2 Å². The van der Waals surface area contributed by atoms with Gasteiger partial charge in [0.05, 0.1) is 35.5 Å². The lowest BCUT2D eigenvalue weighted by Gasteiger charge is -2.09. The number of hydrogen-bond donors (Lipinski definition) is 0. The van der Waals surface area contributed by atoms with E-state index in [0.29, 0.717) is 23.3 Å². The Balaban J connectivity index is 0.000000280. The van der Waals surface area contributed by atoms with Crippen LogP contribution in [0.4, 0.5) is 0 Å². The highest BCUT2D eigenvalue weighted by atomic mass is 35.5. The molecule has 40 heavy (non-hydrogen) atoms. The first-order chi connectivity index (χ1) is 19.3. The van der Waals surface area contributed by atoms with Crippen molar-refractivity contribution in [1.29, 1.82) is 0 Å². The van der Waals surface area contributed by atoms with E-state index in [4.69, 9.17) is 32.7 Å². The van der Waals surface area contributed by atoms with Gasteiger partial charge in [-0.15, -0.1) is 0 Å². The van der Waals surface area contributed by atoms with E-state index in [1.54, 1.807) is 24.3 Å². The van der Waals surface area contributed by atoms with Crippen LogP contribution in [0.15, 0.2) is 72.8 Å². The highest BCUT2D eigenvalue weighted by molar-refractivity contribution is 6.31. The van der Waals surface area contributed by atoms with Crippen molar-refractivity contribution in [1.82, 2.24) is 0 Å². The second-order valence-electron chi connectivity index (χ2n) is 8.28. The predicted octanol–water partition coefficient (Wildman–Crippen LogP) is 7.52. The molecule has 0 amide bonds. The van der Waals surface area contributed by atoms with Gasteiger partial charge in [0.2, 0.25) is 0 Å². The number of rotatable bonds is 10. The molecule has 3 aromatic carbocycles. The topological polar surface area (TPSA) is 105 Å². The molecule has 0 radical (unpaired) electrons. The van der Waals surface area contributed by atoms with Gasteiger partial charge in [0.25, 0.3) is 0 Å². The Morgan fingerprint density at radius 3 is 1.23 bits per heavy atom. The zero-order chi connectivity index (χ0) is 29.3. The zero-order valence-corrected chi connectivity index (χ0v) is 23.7. The predicted molar refractivity (Wildman–Crippen MR) is 151 cm³/mol. The Labute approximate surface area is 243 Å². The van der Waals surface area contributed by atoms with Crippen molar-refractivity contribution < 1.29 is 38.4 Å². The highest BCUT2D eigenvalue weighted by Crippen LogP contribution is 2.14. The Kier molecular flexibility index (Phi) is 14.3. The number of unbranched alkanes of at least 4 members (excludes halogenated alkanes) is 2. The molecule has 0 atom stereocenters. The molecule has 0 aliphatic heterocycles. The molecular weight excluding hydrogens is 559 g/mol. The first-order valence-corrected chi connectivity index (χ1v) is 13.4. The van der Waals surface area contributed by atoms with Gasteiger partial charge in [-0.1, -0.05) is 62.0 Å². The normalized spacial score (nSPS) is 10.0. The lowest BCUT2D eigenvalue weighted by atomic mass is 10.1. The maximum atomic E-state index is 11.9. The fraction of sp³-hybridized carbons (Fsp3) is 0.267. The SMILES string of the molecule is CCCCOC(=O)c1ccccc1C(=O)OCCCC.O=C(OOC(=O)c1ccc(Cl)cc1)c1ccc(Cl)cc1. The highest BCUT2D eigenvalue weighted by Gasteiger charge is 2.18. The third-order valence-corrected chi connectivity index (χ3v) is 5.69. The maximum absolute atomic E-state index is 11.9. The van der Waals surface area contributed by atoms with E-state index < -0.39 is 23.9 Å². The van der Waals surface area contributed by atoms with Gasteiger partial charge < -0.3 is 9.47 Å². The largest absolute Gasteiger partial charge is 0.462 e. The van der Waals surface area contributed by atoms with E-state index in [9.17, 15) is 19.2 Å². The summed E-state index contributed by atoms with van der Waals surface area (Å²) in [4.78, 5) is 56.0. The monoisotopic (exact) mass is 588 g/mol. The molecule has 0 heterocycles. The number of halogens is 2. The van der Waals surface area contributed by atoms with Crippen LogP contribution in [-0.4, -0.2) is 37.1 Å². The van der Waals surface area contributed by atoms with Crippen molar-refractivity contribution in [2.75, 3.05) is 13.2 Å². The molecule has 0 aromatic heterocycles. The second-order valence-corrected chi connectivity index (χ2v) is 9.15. The van der Waals surface area contributed by atoms with Crippen molar-refractivity contribution in [2.45, 2.75) is 39.5 Å². The molecule has 0 N–H and O–H groups in total. The minimum absolute atomic E-state index is 0.221. The van der Waals surface area contributed by atoms with Crippen LogP contribution in [0, 0.1) is 0 Å². The number of hydrogen-bond acceptors (Lipinski definition) is 8. The van der Waals surface area contributed by atoms with E-state index in [-0.39, 0.29) is 22.3 Å². The molecule has 10 heteroatoms. The fourth-order valence-electron chi connectivity index (χ4n) is 2.96. The van der Waals surface area contributed by atoms with Crippen molar-refractivity contribution in [3.8, 4) is 0 Å². The summed E-state index contributed by atoms with van der Waals surface area (Å²) in [6.45, 7) is 4.78. The van der Waals surface area contributed by atoms with Crippen LogP contribution in [0.25, 0.3) is 0 Å². The van der Waals surface area contributed by atoms with Crippen molar-refractivity contribution >= 4 is 47.1 Å². The summed E-state index contributed by atoms with van der Waals surface area (Å²) in [5.74, 6) is -2.52. The molecular formula is C30H30Cl2O8. The Hall–Kier alpha value is -3.88. The molecule has 0 fully saturated rings. The summed E-state index contributed by atoms with van der Waals surface area (Å²) < 4.78 is 10.3. The van der Waals surface area contributed by atoms with E-state index in [1.165, 1.54) is 48.5 Å². The zero-order valence-electron chi connectivity index (χ0n) is 22.2. The second kappa shape index (κ2) is 17.7. The summed E-state index contributed by atoms with van der Waals surface area (Å²) >= 11 is 11.4. The third-order valence-electron chi connectivity index (χ3n) is 5.18. The lowest BCUT2D eigenvalue weighted by molar-refractivity contribution is -0.187. The van der Waals surface area contributed by atoms with Crippen LogP contribution in [0.3, 0.4) is 0 Å². The molecule has 0 unspecified atom stereocenters. The Morgan fingerprint density at radius 2 is 0.900 bits per heavy atom. The van der Waals surface area contributed by atoms with Gasteiger partial charge in [0, 0.05) is 10.0 Å². The van der Waals surface area contributed by atoms with E-state index in [1.807, 2.05) is 13.8 Å². The quantitative estimate of drug-likeness (QED) is 0.104. The molecule has 0 saturated carbocycles. The fourth-order valence-corrected chi connectivity index (χ4v) is 3.21. The number of carbonyl (C=O) groups excluding carboxylic acids is 4. The molecule has 3 rings (SSSR count). The summed E-state index contributed by atoms with van der Waals surface area (Å²) in [6, 6.07) is 18.5. The summed E-state index contributed by atoms with van der Waals surface area (Å²) in [6.07, 6.45) is 3.53. The number of esters is 2. The number of carbonyl (C=O) groups is 4. The van der Waals surface area contributed by atoms with E-state index in [2.05, 4.69) is 9.78 Å². The Bertz CT molecular complexity index is 1160.